The number of fused-ring (bicyclic) bond motifs is 1. The first-order chi connectivity index (χ1) is 14.0. The molecule has 1 saturated heterocycles. The van der Waals surface area contributed by atoms with Gasteiger partial charge >= 0.3 is 0 Å². The molecular formula is C22H23FN4O2. The first-order valence-corrected chi connectivity index (χ1v) is 9.76. The van der Waals surface area contributed by atoms with Gasteiger partial charge in [0.05, 0.1) is 5.52 Å². The lowest BCUT2D eigenvalue weighted by Crippen LogP contribution is -2.52. The molecule has 4 rings (SSSR count). The molecule has 1 atom stereocenters. The van der Waals surface area contributed by atoms with E-state index in [1.54, 1.807) is 12.1 Å². The molecule has 0 aliphatic carbocycles. The summed E-state index contributed by atoms with van der Waals surface area (Å²) in [4.78, 5) is 32.3. The summed E-state index contributed by atoms with van der Waals surface area (Å²) in [6, 6.07) is 10.5. The average Bonchev–Trinajstić information content (AvgIpc) is 3.06. The number of benzene rings is 1. The molecule has 1 aromatic carbocycles. The third kappa shape index (κ3) is 3.60. The molecule has 1 fully saturated rings. The lowest BCUT2D eigenvalue weighted by atomic mass is 10.0. The molecule has 150 valence electrons. The van der Waals surface area contributed by atoms with Gasteiger partial charge in [-0.2, -0.15) is 0 Å². The number of halogens is 1. The maximum Gasteiger partial charge on any atom is 0.275 e. The van der Waals surface area contributed by atoms with E-state index in [-0.39, 0.29) is 17.6 Å². The van der Waals surface area contributed by atoms with Crippen molar-refractivity contribution in [1.82, 2.24) is 19.6 Å². The van der Waals surface area contributed by atoms with Crippen LogP contribution in [0.5, 0.6) is 0 Å². The Bertz CT molecular complexity index is 1060. The van der Waals surface area contributed by atoms with Crippen LogP contribution in [0.2, 0.25) is 0 Å². The van der Waals surface area contributed by atoms with Gasteiger partial charge in [-0.15, -0.1) is 0 Å². The molecule has 0 radical (unpaired) electrons. The number of carbonyl (C=O) groups is 2. The summed E-state index contributed by atoms with van der Waals surface area (Å²) in [5, 5.41) is 2.80. The normalized spacial score (nSPS) is 17.0. The van der Waals surface area contributed by atoms with E-state index in [1.807, 2.05) is 28.8 Å². The first kappa shape index (κ1) is 19.1. The fourth-order valence-electron chi connectivity index (χ4n) is 3.77. The molecule has 7 heteroatoms. The Morgan fingerprint density at radius 2 is 2.00 bits per heavy atom. The second kappa shape index (κ2) is 7.66. The minimum absolute atomic E-state index is 0.276. The fraction of sp³-hybridized carbons (Fsp3) is 0.318. The highest BCUT2D eigenvalue weighted by Gasteiger charge is 2.36. The number of hydrogen-bond acceptors (Lipinski definition) is 3. The maximum atomic E-state index is 13.5. The lowest BCUT2D eigenvalue weighted by molar-refractivity contribution is -0.128. The van der Waals surface area contributed by atoms with Crippen LogP contribution in [-0.2, 0) is 11.2 Å². The molecule has 1 N–H and O–H groups in total. The second-order valence-corrected chi connectivity index (χ2v) is 7.67. The summed E-state index contributed by atoms with van der Waals surface area (Å²) in [5.74, 6) is 0.242. The predicted molar refractivity (Wildman–Crippen MR) is 107 cm³/mol. The Morgan fingerprint density at radius 1 is 1.24 bits per heavy atom. The summed E-state index contributed by atoms with van der Waals surface area (Å²) in [6.45, 7) is 4.93. The monoisotopic (exact) mass is 394 g/mol. The standard InChI is InChI=1S/C22H23FN4O2/c1-14(2)13-18-25-19(17-5-3-4-11-26(17)18)22(29)27-12-10-24-21(28)20(27)15-6-8-16(23)9-7-15/h3-9,11,14,20H,10,12-13H2,1-2H3,(H,24,28). The Balaban J connectivity index is 1.76. The zero-order chi connectivity index (χ0) is 20.5. The van der Waals surface area contributed by atoms with Gasteiger partial charge in [-0.05, 0) is 35.7 Å². The number of nitrogens with zero attached hydrogens (tertiary/aromatic N) is 3. The molecule has 0 bridgehead atoms. The van der Waals surface area contributed by atoms with Crippen LogP contribution in [0.25, 0.3) is 5.52 Å². The van der Waals surface area contributed by atoms with Gasteiger partial charge < -0.3 is 14.6 Å². The van der Waals surface area contributed by atoms with Crippen LogP contribution in [0.4, 0.5) is 4.39 Å². The number of rotatable bonds is 4. The van der Waals surface area contributed by atoms with Gasteiger partial charge in [0.1, 0.15) is 17.7 Å². The zero-order valence-corrected chi connectivity index (χ0v) is 16.4. The van der Waals surface area contributed by atoms with E-state index < -0.39 is 6.04 Å². The number of nitrogens with one attached hydrogen (secondary N) is 1. The molecule has 3 aromatic rings. The van der Waals surface area contributed by atoms with Crippen LogP contribution < -0.4 is 5.32 Å². The lowest BCUT2D eigenvalue weighted by Gasteiger charge is -2.35. The van der Waals surface area contributed by atoms with Crippen LogP contribution in [0, 0.1) is 11.7 Å². The van der Waals surface area contributed by atoms with Crippen molar-refractivity contribution in [2.24, 2.45) is 5.92 Å². The molecule has 3 heterocycles. The molecule has 0 spiro atoms. The third-order valence-electron chi connectivity index (χ3n) is 5.07. The summed E-state index contributed by atoms with van der Waals surface area (Å²) in [7, 11) is 0. The smallest absolute Gasteiger partial charge is 0.275 e. The Hall–Kier alpha value is -3.22. The van der Waals surface area contributed by atoms with E-state index in [0.29, 0.717) is 30.3 Å². The van der Waals surface area contributed by atoms with Crippen molar-refractivity contribution < 1.29 is 14.0 Å². The van der Waals surface area contributed by atoms with Gasteiger partial charge in [0.25, 0.3) is 5.91 Å². The van der Waals surface area contributed by atoms with Crippen molar-refractivity contribution in [3.05, 3.63) is 71.6 Å². The number of piperazine rings is 1. The molecule has 2 aromatic heterocycles. The van der Waals surface area contributed by atoms with Crippen molar-refractivity contribution >= 4 is 17.3 Å². The third-order valence-corrected chi connectivity index (χ3v) is 5.07. The number of hydrogen-bond donors (Lipinski definition) is 1. The largest absolute Gasteiger partial charge is 0.352 e. The van der Waals surface area contributed by atoms with E-state index in [0.717, 1.165) is 17.8 Å². The van der Waals surface area contributed by atoms with Gasteiger partial charge in [0, 0.05) is 25.7 Å². The van der Waals surface area contributed by atoms with Crippen LogP contribution >= 0.6 is 0 Å². The average molecular weight is 394 g/mol. The van der Waals surface area contributed by atoms with E-state index in [2.05, 4.69) is 24.1 Å². The van der Waals surface area contributed by atoms with Crippen LogP contribution in [-0.4, -0.2) is 39.2 Å². The van der Waals surface area contributed by atoms with Crippen LogP contribution in [0.1, 0.15) is 41.8 Å². The summed E-state index contributed by atoms with van der Waals surface area (Å²) in [6.07, 6.45) is 2.64. The number of imidazole rings is 1. The molecule has 29 heavy (non-hydrogen) atoms. The van der Waals surface area contributed by atoms with Crippen molar-refractivity contribution in [3.63, 3.8) is 0 Å². The highest BCUT2D eigenvalue weighted by Crippen LogP contribution is 2.27. The number of aromatic nitrogens is 2. The van der Waals surface area contributed by atoms with Crippen molar-refractivity contribution in [1.29, 1.82) is 0 Å². The van der Waals surface area contributed by atoms with E-state index >= 15 is 0 Å². The first-order valence-electron chi connectivity index (χ1n) is 9.76. The Labute approximate surface area is 168 Å². The van der Waals surface area contributed by atoms with E-state index in [1.165, 1.54) is 17.0 Å². The van der Waals surface area contributed by atoms with Crippen molar-refractivity contribution in [2.75, 3.05) is 13.1 Å². The zero-order valence-electron chi connectivity index (χ0n) is 16.4. The summed E-state index contributed by atoms with van der Waals surface area (Å²) >= 11 is 0. The molecule has 1 unspecified atom stereocenters. The highest BCUT2D eigenvalue weighted by atomic mass is 19.1. The quantitative estimate of drug-likeness (QED) is 0.740. The molecule has 2 amide bonds. The number of amides is 2. The van der Waals surface area contributed by atoms with Crippen LogP contribution in [0.15, 0.2) is 48.7 Å². The summed E-state index contributed by atoms with van der Waals surface area (Å²) < 4.78 is 15.3. The number of pyridine rings is 1. The molecule has 6 nitrogen and oxygen atoms in total. The summed E-state index contributed by atoms with van der Waals surface area (Å²) in [5.41, 5.74) is 1.63. The Kier molecular flexibility index (Phi) is 5.05. The molecule has 1 aliphatic heterocycles. The molecule has 0 saturated carbocycles. The van der Waals surface area contributed by atoms with E-state index in [4.69, 9.17) is 0 Å². The fourth-order valence-corrected chi connectivity index (χ4v) is 3.77. The van der Waals surface area contributed by atoms with E-state index in [9.17, 15) is 14.0 Å². The maximum absolute atomic E-state index is 13.5. The predicted octanol–water partition coefficient (Wildman–Crippen LogP) is 2.99. The van der Waals surface area contributed by atoms with Crippen molar-refractivity contribution in [3.8, 4) is 0 Å². The molecule has 1 aliphatic rings. The SMILES string of the molecule is CC(C)Cc1nc(C(=O)N2CCNC(=O)C2c2ccc(F)cc2)c2ccccn12. The number of carbonyl (C=O) groups excluding carboxylic acids is 2. The Morgan fingerprint density at radius 3 is 2.72 bits per heavy atom. The topological polar surface area (TPSA) is 66.7 Å². The van der Waals surface area contributed by atoms with Crippen molar-refractivity contribution in [2.45, 2.75) is 26.3 Å². The highest BCUT2D eigenvalue weighted by molar-refractivity contribution is 6.02. The van der Waals surface area contributed by atoms with Gasteiger partial charge in [-0.25, -0.2) is 9.37 Å². The van der Waals surface area contributed by atoms with Crippen LogP contribution in [0.3, 0.4) is 0 Å². The van der Waals surface area contributed by atoms with Gasteiger partial charge in [-0.3, -0.25) is 9.59 Å². The van der Waals surface area contributed by atoms with Gasteiger partial charge in [-0.1, -0.05) is 32.0 Å². The molecular weight excluding hydrogens is 371 g/mol. The van der Waals surface area contributed by atoms with Gasteiger partial charge in [0.2, 0.25) is 5.91 Å². The van der Waals surface area contributed by atoms with Gasteiger partial charge in [0.15, 0.2) is 5.69 Å². The second-order valence-electron chi connectivity index (χ2n) is 7.67. The minimum Gasteiger partial charge on any atom is -0.352 e. The minimum atomic E-state index is -0.814.